The third-order valence-electron chi connectivity index (χ3n) is 3.33. The summed E-state index contributed by atoms with van der Waals surface area (Å²) < 4.78 is 45.1. The first kappa shape index (κ1) is 15.7. The van der Waals surface area contributed by atoms with Crippen molar-refractivity contribution in [2.75, 3.05) is 7.11 Å². The average Bonchev–Trinajstić information content (AvgIpc) is 3.21. The SMILES string of the molecule is COc1ccc(S(=O)(=O)NC(CC(=O)O)C2CC2)cc1F. The lowest BCUT2D eigenvalue weighted by Crippen LogP contribution is -2.38. The number of nitrogens with one attached hydrogen (secondary N) is 1. The number of carbonyl (C=O) groups is 1. The molecule has 0 heterocycles. The molecule has 0 saturated heterocycles. The number of sulfonamides is 1. The van der Waals surface area contributed by atoms with Crippen molar-refractivity contribution in [2.45, 2.75) is 30.2 Å². The van der Waals surface area contributed by atoms with E-state index in [1.54, 1.807) is 0 Å². The molecule has 1 aromatic rings. The van der Waals surface area contributed by atoms with Crippen molar-refractivity contribution in [3.63, 3.8) is 0 Å². The Bertz CT molecular complexity index is 642. The Balaban J connectivity index is 2.20. The third-order valence-corrected chi connectivity index (χ3v) is 4.81. The second-order valence-electron chi connectivity index (χ2n) is 4.96. The molecule has 0 radical (unpaired) electrons. The highest BCUT2D eigenvalue weighted by atomic mass is 32.2. The molecular formula is C13H16FNO5S. The van der Waals surface area contributed by atoms with Gasteiger partial charge >= 0.3 is 5.97 Å². The van der Waals surface area contributed by atoms with Gasteiger partial charge in [-0.15, -0.1) is 0 Å². The van der Waals surface area contributed by atoms with Gasteiger partial charge < -0.3 is 9.84 Å². The van der Waals surface area contributed by atoms with Crippen LogP contribution in [-0.4, -0.2) is 32.6 Å². The largest absolute Gasteiger partial charge is 0.494 e. The number of carboxylic acids is 1. The minimum atomic E-state index is -3.97. The first-order valence-corrected chi connectivity index (χ1v) is 7.89. The summed E-state index contributed by atoms with van der Waals surface area (Å²) in [6, 6.07) is 2.62. The lowest BCUT2D eigenvalue weighted by atomic mass is 10.1. The number of carboxylic acid groups (broad SMARTS) is 1. The number of aliphatic carboxylic acids is 1. The monoisotopic (exact) mass is 317 g/mol. The zero-order valence-electron chi connectivity index (χ0n) is 11.4. The number of hydrogen-bond acceptors (Lipinski definition) is 4. The first-order valence-electron chi connectivity index (χ1n) is 6.41. The van der Waals surface area contributed by atoms with Gasteiger partial charge in [0.25, 0.3) is 0 Å². The fraction of sp³-hybridized carbons (Fsp3) is 0.462. The standard InChI is InChI=1S/C13H16FNO5S/c1-20-12-5-4-9(6-10(12)14)21(18,19)15-11(7-13(16)17)8-2-3-8/h4-6,8,11,15H,2-3,7H2,1H3,(H,16,17). The van der Waals surface area contributed by atoms with Crippen molar-refractivity contribution in [3.8, 4) is 5.75 Å². The Kier molecular flexibility index (Phi) is 4.48. The molecule has 116 valence electrons. The van der Waals surface area contributed by atoms with Crippen molar-refractivity contribution < 1.29 is 27.4 Å². The highest BCUT2D eigenvalue weighted by Gasteiger charge is 2.35. The van der Waals surface area contributed by atoms with Crippen LogP contribution < -0.4 is 9.46 Å². The summed E-state index contributed by atoms with van der Waals surface area (Å²) in [6.45, 7) is 0. The highest BCUT2D eigenvalue weighted by molar-refractivity contribution is 7.89. The predicted molar refractivity (Wildman–Crippen MR) is 72.0 cm³/mol. The van der Waals surface area contributed by atoms with Gasteiger partial charge in [0.2, 0.25) is 10.0 Å². The van der Waals surface area contributed by atoms with Gasteiger partial charge in [0, 0.05) is 6.04 Å². The second-order valence-corrected chi connectivity index (χ2v) is 6.67. The molecule has 2 N–H and O–H groups in total. The Labute approximate surface area is 122 Å². The highest BCUT2D eigenvalue weighted by Crippen LogP contribution is 2.35. The van der Waals surface area contributed by atoms with Crippen molar-refractivity contribution in [2.24, 2.45) is 5.92 Å². The molecule has 0 aliphatic heterocycles. The van der Waals surface area contributed by atoms with E-state index in [1.807, 2.05) is 0 Å². The Hall–Kier alpha value is -1.67. The minimum Gasteiger partial charge on any atom is -0.494 e. The molecule has 21 heavy (non-hydrogen) atoms. The van der Waals surface area contributed by atoms with Crippen molar-refractivity contribution >= 4 is 16.0 Å². The summed E-state index contributed by atoms with van der Waals surface area (Å²) in [5.74, 6) is -1.89. The average molecular weight is 317 g/mol. The molecule has 0 aromatic heterocycles. The van der Waals surface area contributed by atoms with E-state index >= 15 is 0 Å². The summed E-state index contributed by atoms with van der Waals surface area (Å²) in [4.78, 5) is 10.5. The van der Waals surface area contributed by atoms with Crippen molar-refractivity contribution in [1.82, 2.24) is 4.72 Å². The van der Waals surface area contributed by atoms with E-state index in [-0.39, 0.29) is 23.0 Å². The molecule has 1 aliphatic carbocycles. The number of methoxy groups -OCH3 is 1. The van der Waals surface area contributed by atoms with Crippen LogP contribution in [0.2, 0.25) is 0 Å². The molecular weight excluding hydrogens is 301 g/mol. The third kappa shape index (κ3) is 3.92. The molecule has 0 spiro atoms. The molecule has 8 heteroatoms. The van der Waals surface area contributed by atoms with Gasteiger partial charge in [-0.1, -0.05) is 0 Å². The molecule has 1 atom stereocenters. The zero-order valence-corrected chi connectivity index (χ0v) is 12.2. The topological polar surface area (TPSA) is 92.7 Å². The molecule has 1 fully saturated rings. The quantitative estimate of drug-likeness (QED) is 0.792. The van der Waals surface area contributed by atoms with E-state index in [4.69, 9.17) is 9.84 Å². The van der Waals surface area contributed by atoms with Crippen LogP contribution in [0.4, 0.5) is 4.39 Å². The van der Waals surface area contributed by atoms with Crippen LogP contribution in [0, 0.1) is 11.7 Å². The molecule has 6 nitrogen and oxygen atoms in total. The van der Waals surface area contributed by atoms with E-state index in [0.29, 0.717) is 0 Å². The number of halogens is 1. The Morgan fingerprint density at radius 3 is 2.67 bits per heavy atom. The van der Waals surface area contributed by atoms with Gasteiger partial charge in [-0.3, -0.25) is 4.79 Å². The van der Waals surface area contributed by atoms with Crippen LogP contribution in [0.15, 0.2) is 23.1 Å². The second kappa shape index (κ2) is 5.98. The van der Waals surface area contributed by atoms with Gasteiger partial charge in [-0.05, 0) is 37.0 Å². The van der Waals surface area contributed by atoms with Crippen LogP contribution in [0.3, 0.4) is 0 Å². The predicted octanol–water partition coefficient (Wildman–Crippen LogP) is 1.37. The van der Waals surface area contributed by atoms with Crippen molar-refractivity contribution in [1.29, 1.82) is 0 Å². The van der Waals surface area contributed by atoms with E-state index in [2.05, 4.69) is 4.72 Å². The Morgan fingerprint density at radius 1 is 1.52 bits per heavy atom. The lowest BCUT2D eigenvalue weighted by Gasteiger charge is -2.16. The minimum absolute atomic E-state index is 0.0268. The van der Waals surface area contributed by atoms with Crippen LogP contribution in [0.1, 0.15) is 19.3 Å². The molecule has 2 rings (SSSR count). The van der Waals surface area contributed by atoms with Crippen LogP contribution in [0.5, 0.6) is 5.75 Å². The summed E-state index contributed by atoms with van der Waals surface area (Å²) in [6.07, 6.45) is 1.29. The van der Waals surface area contributed by atoms with E-state index in [1.165, 1.54) is 19.2 Å². The molecule has 1 aliphatic rings. The fourth-order valence-corrected chi connectivity index (χ4v) is 3.39. The molecule has 0 amide bonds. The van der Waals surface area contributed by atoms with Gasteiger partial charge in [-0.2, -0.15) is 0 Å². The number of ether oxygens (including phenoxy) is 1. The maximum absolute atomic E-state index is 13.6. The molecule has 1 aromatic carbocycles. The van der Waals surface area contributed by atoms with Crippen LogP contribution in [0.25, 0.3) is 0 Å². The lowest BCUT2D eigenvalue weighted by molar-refractivity contribution is -0.137. The maximum atomic E-state index is 13.6. The summed E-state index contributed by atoms with van der Waals surface area (Å²) in [7, 11) is -2.69. The smallest absolute Gasteiger partial charge is 0.304 e. The van der Waals surface area contributed by atoms with Gasteiger partial charge in [0.05, 0.1) is 18.4 Å². The number of hydrogen-bond donors (Lipinski definition) is 2. The molecule has 0 bridgehead atoms. The Morgan fingerprint density at radius 2 is 2.19 bits per heavy atom. The maximum Gasteiger partial charge on any atom is 0.304 e. The van der Waals surface area contributed by atoms with Gasteiger partial charge in [-0.25, -0.2) is 17.5 Å². The summed E-state index contributed by atoms with van der Waals surface area (Å²) in [5, 5.41) is 8.83. The van der Waals surface area contributed by atoms with Crippen LogP contribution in [-0.2, 0) is 14.8 Å². The van der Waals surface area contributed by atoms with Gasteiger partial charge in [0.1, 0.15) is 0 Å². The zero-order chi connectivity index (χ0) is 15.6. The van der Waals surface area contributed by atoms with Crippen LogP contribution >= 0.6 is 0 Å². The molecule has 1 unspecified atom stereocenters. The normalized spacial score (nSPS) is 16.5. The van der Waals surface area contributed by atoms with E-state index in [9.17, 15) is 17.6 Å². The summed E-state index contributed by atoms with van der Waals surface area (Å²) in [5.41, 5.74) is 0. The summed E-state index contributed by atoms with van der Waals surface area (Å²) >= 11 is 0. The number of benzene rings is 1. The van der Waals surface area contributed by atoms with Crippen molar-refractivity contribution in [3.05, 3.63) is 24.0 Å². The van der Waals surface area contributed by atoms with E-state index < -0.39 is 27.9 Å². The molecule has 1 saturated carbocycles. The van der Waals surface area contributed by atoms with E-state index in [0.717, 1.165) is 18.9 Å². The van der Waals surface area contributed by atoms with Gasteiger partial charge in [0.15, 0.2) is 11.6 Å². The first-order chi connectivity index (χ1) is 9.83. The number of rotatable bonds is 7. The fourth-order valence-electron chi connectivity index (χ4n) is 2.07.